The number of nitrogens with one attached hydrogen (secondary N) is 2. The van der Waals surface area contributed by atoms with E-state index >= 15 is 0 Å². The topological polar surface area (TPSA) is 92.3 Å². The van der Waals surface area contributed by atoms with E-state index in [0.29, 0.717) is 6.42 Å². The van der Waals surface area contributed by atoms with Gasteiger partial charge in [0.1, 0.15) is 11.4 Å². The lowest BCUT2D eigenvalue weighted by atomic mass is 10.0. The minimum absolute atomic E-state index is 0.716. The summed E-state index contributed by atoms with van der Waals surface area (Å²) >= 11 is 0. The van der Waals surface area contributed by atoms with Gasteiger partial charge in [-0.05, 0) is 50.5 Å². The lowest BCUT2D eigenvalue weighted by Gasteiger charge is -2.34. The number of aromatic nitrogens is 5. The van der Waals surface area contributed by atoms with E-state index in [9.17, 15) is 0 Å². The van der Waals surface area contributed by atoms with Crippen molar-refractivity contribution in [2.45, 2.75) is 13.0 Å². The fourth-order valence-electron chi connectivity index (χ4n) is 4.96. The summed E-state index contributed by atoms with van der Waals surface area (Å²) in [4.78, 5) is 24.5. The van der Waals surface area contributed by atoms with Gasteiger partial charge < -0.3 is 19.7 Å². The number of aliphatic imine (C=N–C) groups is 1. The largest absolute Gasteiger partial charge is 0.366 e. The van der Waals surface area contributed by atoms with Crippen LogP contribution in [-0.4, -0.2) is 93.4 Å². The summed E-state index contributed by atoms with van der Waals surface area (Å²) in [6.45, 7) is 4.85. The predicted molar refractivity (Wildman–Crippen MR) is 144 cm³/mol. The molecule has 0 bridgehead atoms. The van der Waals surface area contributed by atoms with Crippen molar-refractivity contribution in [2.24, 2.45) is 4.99 Å². The summed E-state index contributed by atoms with van der Waals surface area (Å²) in [6, 6.07) is 8.57. The zero-order valence-electron chi connectivity index (χ0n) is 21.0. The number of piperazine rings is 1. The molecule has 0 saturated carbocycles. The second kappa shape index (κ2) is 9.33. The van der Waals surface area contributed by atoms with Crippen molar-refractivity contribution < 1.29 is 0 Å². The van der Waals surface area contributed by atoms with E-state index < -0.39 is 0 Å². The highest BCUT2D eigenvalue weighted by atomic mass is 15.3. The molecular formula is C27H31N9. The smallest absolute Gasteiger partial charge is 0.159 e. The molecule has 2 aliphatic rings. The first-order valence-electron chi connectivity index (χ1n) is 12.4. The van der Waals surface area contributed by atoms with E-state index in [1.165, 1.54) is 5.56 Å². The molecule has 1 fully saturated rings. The van der Waals surface area contributed by atoms with Gasteiger partial charge in [-0.1, -0.05) is 6.07 Å². The van der Waals surface area contributed by atoms with Crippen LogP contribution in [0.1, 0.15) is 17.0 Å². The highest BCUT2D eigenvalue weighted by molar-refractivity contribution is 5.94. The van der Waals surface area contributed by atoms with E-state index in [4.69, 9.17) is 4.98 Å². The van der Waals surface area contributed by atoms with Crippen LogP contribution in [0.3, 0.4) is 0 Å². The standard InChI is InChI=1S/C27H31N9/c1-34(2)17-18-12-20(15-29-14-18)19-4-5-22-21(13-19)25(33-32-22)27-30-23-6-7-28-16-24(26(23)31-27)36-10-8-35(3)9-11-36/h4-5,7,12-16H,6,8-11,17H2,1-3H3,(H,30,31)(H,32,33). The lowest BCUT2D eigenvalue weighted by Crippen LogP contribution is -2.43. The van der Waals surface area contributed by atoms with Gasteiger partial charge in [0, 0.05) is 68.7 Å². The molecule has 3 aromatic heterocycles. The summed E-state index contributed by atoms with van der Waals surface area (Å²) in [5.41, 5.74) is 8.32. The molecule has 4 aromatic rings. The Labute approximate surface area is 210 Å². The Morgan fingerprint density at radius 2 is 1.86 bits per heavy atom. The molecule has 0 aliphatic carbocycles. The van der Waals surface area contributed by atoms with Crippen LogP contribution < -0.4 is 0 Å². The van der Waals surface area contributed by atoms with Crippen LogP contribution >= 0.6 is 0 Å². The molecule has 0 spiro atoms. The average Bonchev–Trinajstić information content (AvgIpc) is 3.43. The molecule has 1 aromatic carbocycles. The van der Waals surface area contributed by atoms with Gasteiger partial charge in [0.2, 0.25) is 0 Å². The molecule has 36 heavy (non-hydrogen) atoms. The van der Waals surface area contributed by atoms with E-state index in [2.05, 4.69) is 85.3 Å². The van der Waals surface area contributed by atoms with Crippen LogP contribution in [0.25, 0.3) is 39.2 Å². The molecule has 6 rings (SSSR count). The number of fused-ring (bicyclic) bond motifs is 2. The van der Waals surface area contributed by atoms with Crippen LogP contribution in [-0.2, 0) is 13.0 Å². The Balaban J connectivity index is 1.37. The third-order valence-corrected chi connectivity index (χ3v) is 6.88. The number of likely N-dealkylation sites (N-methyl/N-ethyl adjacent to an activating group) is 1. The van der Waals surface area contributed by atoms with Crippen LogP contribution in [0.2, 0.25) is 0 Å². The summed E-state index contributed by atoms with van der Waals surface area (Å²) in [7, 11) is 6.30. The molecule has 0 amide bonds. The molecule has 184 valence electrons. The normalized spacial score (nSPS) is 16.4. The zero-order valence-corrected chi connectivity index (χ0v) is 21.0. The minimum atomic E-state index is 0.716. The number of hydrogen-bond donors (Lipinski definition) is 2. The third-order valence-electron chi connectivity index (χ3n) is 6.88. The molecule has 9 nitrogen and oxygen atoms in total. The summed E-state index contributed by atoms with van der Waals surface area (Å²) in [5, 5.41) is 8.88. The van der Waals surface area contributed by atoms with E-state index in [-0.39, 0.29) is 0 Å². The number of aromatic amines is 2. The van der Waals surface area contributed by atoms with Crippen molar-refractivity contribution in [3.63, 3.8) is 0 Å². The predicted octanol–water partition coefficient (Wildman–Crippen LogP) is 3.25. The van der Waals surface area contributed by atoms with Crippen molar-refractivity contribution in [3.05, 3.63) is 59.8 Å². The third kappa shape index (κ3) is 4.31. The maximum atomic E-state index is 5.07. The second-order valence-corrected chi connectivity index (χ2v) is 9.91. The van der Waals surface area contributed by atoms with Gasteiger partial charge in [-0.3, -0.25) is 15.1 Å². The van der Waals surface area contributed by atoms with Gasteiger partial charge in [-0.2, -0.15) is 5.10 Å². The van der Waals surface area contributed by atoms with Gasteiger partial charge in [-0.25, -0.2) is 4.98 Å². The van der Waals surface area contributed by atoms with Crippen LogP contribution in [0.15, 0.2) is 47.9 Å². The Morgan fingerprint density at radius 1 is 1.00 bits per heavy atom. The monoisotopic (exact) mass is 481 g/mol. The highest BCUT2D eigenvalue weighted by Gasteiger charge is 2.25. The van der Waals surface area contributed by atoms with Crippen LogP contribution in [0, 0.1) is 0 Å². The maximum absolute atomic E-state index is 5.07. The molecule has 2 N–H and O–H groups in total. The van der Waals surface area contributed by atoms with Crippen molar-refractivity contribution >= 4 is 22.8 Å². The average molecular weight is 482 g/mol. The van der Waals surface area contributed by atoms with Crippen molar-refractivity contribution in [1.29, 1.82) is 0 Å². The number of imidazole rings is 1. The molecule has 0 radical (unpaired) electrons. The van der Waals surface area contributed by atoms with Gasteiger partial charge in [0.25, 0.3) is 0 Å². The number of H-pyrrole nitrogens is 2. The SMILES string of the molecule is CN(C)Cc1cncc(-c2ccc3[nH]nc(-c4nc5c([nH]4)CC=NC=C5N4CCN(C)CC4)c3c2)c1. The quantitative estimate of drug-likeness (QED) is 0.455. The molecule has 0 atom stereocenters. The molecule has 2 aliphatic heterocycles. The number of nitrogens with zero attached hydrogens (tertiary/aromatic N) is 7. The first-order chi connectivity index (χ1) is 17.5. The molecular weight excluding hydrogens is 450 g/mol. The second-order valence-electron chi connectivity index (χ2n) is 9.91. The van der Waals surface area contributed by atoms with Crippen LogP contribution in [0.5, 0.6) is 0 Å². The van der Waals surface area contributed by atoms with Gasteiger partial charge in [-0.15, -0.1) is 0 Å². The zero-order chi connectivity index (χ0) is 24.6. The maximum Gasteiger partial charge on any atom is 0.159 e. The molecule has 5 heterocycles. The van der Waals surface area contributed by atoms with Crippen molar-refractivity contribution in [1.82, 2.24) is 39.8 Å². The lowest BCUT2D eigenvalue weighted by molar-refractivity contribution is 0.207. The Kier molecular flexibility index (Phi) is 5.86. The van der Waals surface area contributed by atoms with E-state index in [0.717, 1.165) is 83.4 Å². The number of pyridine rings is 1. The van der Waals surface area contributed by atoms with Gasteiger partial charge in [0.15, 0.2) is 5.82 Å². The highest BCUT2D eigenvalue weighted by Crippen LogP contribution is 2.32. The summed E-state index contributed by atoms with van der Waals surface area (Å²) in [6.07, 6.45) is 8.46. The van der Waals surface area contributed by atoms with Crippen molar-refractivity contribution in [3.8, 4) is 22.6 Å². The first-order valence-corrected chi connectivity index (χ1v) is 12.4. The number of hydrogen-bond acceptors (Lipinski definition) is 7. The Bertz CT molecular complexity index is 1450. The molecule has 0 unspecified atom stereocenters. The minimum Gasteiger partial charge on any atom is -0.366 e. The summed E-state index contributed by atoms with van der Waals surface area (Å²) in [5.74, 6) is 0.776. The summed E-state index contributed by atoms with van der Waals surface area (Å²) < 4.78 is 0. The fourth-order valence-corrected chi connectivity index (χ4v) is 4.96. The van der Waals surface area contributed by atoms with Gasteiger partial charge >= 0.3 is 0 Å². The van der Waals surface area contributed by atoms with E-state index in [1.54, 1.807) is 0 Å². The van der Waals surface area contributed by atoms with Crippen LogP contribution in [0.4, 0.5) is 0 Å². The van der Waals surface area contributed by atoms with Crippen molar-refractivity contribution in [2.75, 3.05) is 47.3 Å². The first kappa shape index (κ1) is 22.6. The number of benzene rings is 1. The fraction of sp³-hybridized carbons (Fsp3) is 0.333. The van der Waals surface area contributed by atoms with E-state index in [1.807, 2.05) is 24.8 Å². The Morgan fingerprint density at radius 3 is 2.69 bits per heavy atom. The Hall–Kier alpha value is -3.82. The number of rotatable bonds is 5. The van der Waals surface area contributed by atoms with Gasteiger partial charge in [0.05, 0.1) is 23.1 Å². The molecule has 9 heteroatoms. The molecule has 1 saturated heterocycles.